The summed E-state index contributed by atoms with van der Waals surface area (Å²) in [5.41, 5.74) is 1.11. The van der Waals surface area contributed by atoms with Crippen LogP contribution in [0.15, 0.2) is 53.7 Å². The van der Waals surface area contributed by atoms with Gasteiger partial charge in [0.05, 0.1) is 22.7 Å². The number of carbonyl (C=O) groups is 3. The second-order valence-corrected chi connectivity index (χ2v) is 9.76. The summed E-state index contributed by atoms with van der Waals surface area (Å²) in [7, 11) is -3.59. The normalized spacial score (nSPS) is 16.0. The topological polar surface area (TPSA) is 129 Å². The molecule has 2 N–H and O–H groups in total. The number of hydrogen-bond acceptors (Lipinski definition) is 6. The Hall–Kier alpha value is -3.31. The van der Waals surface area contributed by atoms with Gasteiger partial charge in [0.25, 0.3) is 0 Å². The Kier molecular flexibility index (Phi) is 8.35. The molecule has 2 aromatic rings. The third-order valence-corrected chi connectivity index (χ3v) is 7.65. The van der Waals surface area contributed by atoms with Gasteiger partial charge >= 0.3 is 0 Å². The van der Waals surface area contributed by atoms with Gasteiger partial charge in [-0.25, -0.2) is 8.42 Å². The largest absolute Gasteiger partial charge is 0.355 e. The van der Waals surface area contributed by atoms with Crippen molar-refractivity contribution in [2.75, 3.05) is 36.4 Å². The summed E-state index contributed by atoms with van der Waals surface area (Å²) in [6.45, 7) is 4.62. The molecule has 182 valence electrons. The summed E-state index contributed by atoms with van der Waals surface area (Å²) in [5.74, 6) is -1.32. The first-order valence-corrected chi connectivity index (χ1v) is 12.6. The Labute approximate surface area is 199 Å². The van der Waals surface area contributed by atoms with E-state index in [9.17, 15) is 22.8 Å². The van der Waals surface area contributed by atoms with Crippen molar-refractivity contribution in [1.29, 1.82) is 0 Å². The first-order valence-electron chi connectivity index (χ1n) is 11.1. The molecule has 11 heteroatoms. The van der Waals surface area contributed by atoms with Crippen molar-refractivity contribution in [3.63, 3.8) is 0 Å². The lowest BCUT2D eigenvalue weighted by Crippen LogP contribution is -2.34. The molecular weight excluding hydrogens is 458 g/mol. The Balaban J connectivity index is 1.53. The fourth-order valence-electron chi connectivity index (χ4n) is 3.75. The summed E-state index contributed by atoms with van der Waals surface area (Å²) in [5, 5.41) is 5.40. The summed E-state index contributed by atoms with van der Waals surface area (Å²) < 4.78 is 26.7. The van der Waals surface area contributed by atoms with E-state index in [0.29, 0.717) is 24.5 Å². The van der Waals surface area contributed by atoms with Crippen molar-refractivity contribution < 1.29 is 22.8 Å². The molecule has 3 rings (SSSR count). The van der Waals surface area contributed by atoms with Gasteiger partial charge in [-0.05, 0) is 36.4 Å². The van der Waals surface area contributed by atoms with Crippen LogP contribution in [0.5, 0.6) is 0 Å². The van der Waals surface area contributed by atoms with Crippen molar-refractivity contribution >= 4 is 39.1 Å². The molecule has 0 spiro atoms. The van der Waals surface area contributed by atoms with E-state index in [-0.39, 0.29) is 48.5 Å². The van der Waals surface area contributed by atoms with Crippen LogP contribution >= 0.6 is 0 Å². The molecule has 10 nitrogen and oxygen atoms in total. The molecule has 1 unspecified atom stereocenters. The first-order chi connectivity index (χ1) is 16.3. The van der Waals surface area contributed by atoms with E-state index in [1.807, 2.05) is 0 Å². The molecular formula is C23H29N5O5S. The van der Waals surface area contributed by atoms with E-state index < -0.39 is 15.9 Å². The molecule has 0 radical (unpaired) electrons. The maximum atomic E-state index is 12.6. The number of nitrogens with zero attached hydrogens (tertiary/aromatic N) is 3. The number of nitrogens with one attached hydrogen (secondary N) is 2. The monoisotopic (exact) mass is 487 g/mol. The third-order valence-electron chi connectivity index (χ3n) is 5.58. The minimum Gasteiger partial charge on any atom is -0.355 e. The highest BCUT2D eigenvalue weighted by Gasteiger charge is 2.35. The van der Waals surface area contributed by atoms with E-state index in [2.05, 4.69) is 15.6 Å². The van der Waals surface area contributed by atoms with Crippen LogP contribution < -0.4 is 15.5 Å². The number of amides is 3. The quantitative estimate of drug-likeness (QED) is 0.524. The molecule has 1 aliphatic rings. The average molecular weight is 488 g/mol. The van der Waals surface area contributed by atoms with Crippen LogP contribution in [0.25, 0.3) is 0 Å². The summed E-state index contributed by atoms with van der Waals surface area (Å²) in [4.78, 5) is 42.6. The van der Waals surface area contributed by atoms with Crippen LogP contribution in [0.3, 0.4) is 0 Å². The molecule has 0 aliphatic carbocycles. The fourth-order valence-corrected chi connectivity index (χ4v) is 5.21. The van der Waals surface area contributed by atoms with Gasteiger partial charge in [0.15, 0.2) is 0 Å². The number of sulfonamides is 1. The molecule has 1 aromatic carbocycles. The van der Waals surface area contributed by atoms with Crippen molar-refractivity contribution in [2.45, 2.75) is 31.6 Å². The first kappa shape index (κ1) is 25.3. The molecule has 1 saturated heterocycles. The van der Waals surface area contributed by atoms with Crippen molar-refractivity contribution in [3.05, 3.63) is 48.8 Å². The Morgan fingerprint density at radius 3 is 2.47 bits per heavy atom. The number of hydrogen-bond donors (Lipinski definition) is 2. The standard InChI is InChI=1S/C23H29N5O5S/c1-3-27(4-2)34(32,33)20-9-7-19(8-10-20)28-16-17(14-22(28)30)23(31)25-13-11-21(29)26-18-6-5-12-24-15-18/h5-10,12,15,17H,3-4,11,13-14,16H2,1-2H3,(H,25,31)(H,26,29). The minimum absolute atomic E-state index is 0.0488. The average Bonchev–Trinajstić information content (AvgIpc) is 3.22. The van der Waals surface area contributed by atoms with Crippen LogP contribution in [0.2, 0.25) is 0 Å². The van der Waals surface area contributed by atoms with Crippen molar-refractivity contribution in [1.82, 2.24) is 14.6 Å². The second-order valence-electron chi connectivity index (χ2n) is 7.82. The Morgan fingerprint density at radius 1 is 1.15 bits per heavy atom. The molecule has 34 heavy (non-hydrogen) atoms. The second kappa shape index (κ2) is 11.2. The van der Waals surface area contributed by atoms with Crippen LogP contribution in [0.4, 0.5) is 11.4 Å². The summed E-state index contributed by atoms with van der Waals surface area (Å²) >= 11 is 0. The van der Waals surface area contributed by atoms with Crippen molar-refractivity contribution in [3.8, 4) is 0 Å². The van der Waals surface area contributed by atoms with E-state index in [4.69, 9.17) is 0 Å². The van der Waals surface area contributed by atoms with Crippen molar-refractivity contribution in [2.24, 2.45) is 5.92 Å². The summed E-state index contributed by atoms with van der Waals surface area (Å²) in [6.07, 6.45) is 3.27. The van der Waals surface area contributed by atoms with E-state index in [0.717, 1.165) is 0 Å². The highest BCUT2D eigenvalue weighted by molar-refractivity contribution is 7.89. The zero-order valence-corrected chi connectivity index (χ0v) is 20.0. The van der Waals surface area contributed by atoms with Gasteiger partial charge in [0.1, 0.15) is 0 Å². The highest BCUT2D eigenvalue weighted by atomic mass is 32.2. The molecule has 0 saturated carbocycles. The molecule has 1 fully saturated rings. The zero-order chi connectivity index (χ0) is 24.7. The van der Waals surface area contributed by atoms with Gasteiger partial charge in [0.2, 0.25) is 27.7 Å². The van der Waals surface area contributed by atoms with Gasteiger partial charge in [-0.3, -0.25) is 19.4 Å². The van der Waals surface area contributed by atoms with Crippen LogP contribution in [0.1, 0.15) is 26.7 Å². The lowest BCUT2D eigenvalue weighted by Gasteiger charge is -2.20. The lowest BCUT2D eigenvalue weighted by molar-refractivity contribution is -0.126. The molecule has 2 heterocycles. The molecule has 1 aromatic heterocycles. The maximum absolute atomic E-state index is 12.6. The Morgan fingerprint density at radius 2 is 1.85 bits per heavy atom. The fraction of sp³-hybridized carbons (Fsp3) is 0.391. The van der Waals surface area contributed by atoms with E-state index >= 15 is 0 Å². The minimum atomic E-state index is -3.59. The molecule has 1 aliphatic heterocycles. The number of benzene rings is 1. The highest BCUT2D eigenvalue weighted by Crippen LogP contribution is 2.27. The summed E-state index contributed by atoms with van der Waals surface area (Å²) in [6, 6.07) is 9.54. The Bertz CT molecular complexity index is 1120. The van der Waals surface area contributed by atoms with E-state index in [1.54, 1.807) is 44.3 Å². The maximum Gasteiger partial charge on any atom is 0.243 e. The number of anilines is 2. The number of pyridine rings is 1. The van der Waals surface area contributed by atoms with Gasteiger partial charge in [-0.1, -0.05) is 13.8 Å². The van der Waals surface area contributed by atoms with Gasteiger partial charge < -0.3 is 15.5 Å². The van der Waals surface area contributed by atoms with Crippen LogP contribution in [-0.2, 0) is 24.4 Å². The van der Waals surface area contributed by atoms with Crippen LogP contribution in [0, 0.1) is 5.92 Å². The number of rotatable bonds is 10. The number of carbonyl (C=O) groups excluding carboxylic acids is 3. The molecule has 3 amide bonds. The molecule has 0 bridgehead atoms. The van der Waals surface area contributed by atoms with Gasteiger partial charge in [0, 0.05) is 50.9 Å². The van der Waals surface area contributed by atoms with Gasteiger partial charge in [-0.2, -0.15) is 4.31 Å². The molecule has 1 atom stereocenters. The smallest absolute Gasteiger partial charge is 0.243 e. The van der Waals surface area contributed by atoms with Gasteiger partial charge in [-0.15, -0.1) is 0 Å². The number of aromatic nitrogens is 1. The lowest BCUT2D eigenvalue weighted by atomic mass is 10.1. The third kappa shape index (κ3) is 5.97. The van der Waals surface area contributed by atoms with Crippen LogP contribution in [-0.4, -0.2) is 61.6 Å². The van der Waals surface area contributed by atoms with E-state index in [1.165, 1.54) is 27.5 Å². The SMILES string of the molecule is CCN(CC)S(=O)(=O)c1ccc(N2CC(C(=O)NCCC(=O)Nc3cccnc3)CC2=O)cc1. The zero-order valence-electron chi connectivity index (χ0n) is 19.2. The predicted molar refractivity (Wildman–Crippen MR) is 128 cm³/mol. The predicted octanol–water partition coefficient (Wildman–Crippen LogP) is 1.61.